The van der Waals surface area contributed by atoms with Gasteiger partial charge in [-0.3, -0.25) is 4.79 Å². The molecule has 4 rings (SSSR count). The highest BCUT2D eigenvalue weighted by atomic mass is 32.1. The Kier molecular flexibility index (Phi) is 5.19. The van der Waals surface area contributed by atoms with Gasteiger partial charge >= 0.3 is 5.97 Å². The number of hydrogen-bond acceptors (Lipinski definition) is 7. The second-order valence-electron chi connectivity index (χ2n) is 6.91. The monoisotopic (exact) mass is 410 g/mol. The molecule has 0 aliphatic carbocycles. The van der Waals surface area contributed by atoms with Crippen LogP contribution in [0.2, 0.25) is 0 Å². The van der Waals surface area contributed by atoms with Crippen LogP contribution in [0, 0.1) is 6.92 Å². The zero-order valence-corrected chi connectivity index (χ0v) is 17.4. The maximum absolute atomic E-state index is 13.1. The zero-order chi connectivity index (χ0) is 20.5. The van der Waals surface area contributed by atoms with Crippen LogP contribution in [-0.4, -0.2) is 41.0 Å². The van der Waals surface area contributed by atoms with Crippen LogP contribution in [0.4, 0.5) is 11.5 Å². The number of thiophene rings is 1. The quantitative estimate of drug-likeness (QED) is 0.648. The van der Waals surface area contributed by atoms with Gasteiger partial charge in [0, 0.05) is 12.2 Å². The first kappa shape index (κ1) is 19.3. The minimum atomic E-state index is -0.482. The molecule has 29 heavy (non-hydrogen) atoms. The fourth-order valence-electron chi connectivity index (χ4n) is 3.64. The molecule has 0 saturated heterocycles. The molecule has 2 aromatic heterocycles. The van der Waals surface area contributed by atoms with Crippen LogP contribution in [0.5, 0.6) is 0 Å². The number of nitrogens with one attached hydrogen (secondary N) is 1. The highest BCUT2D eigenvalue weighted by Gasteiger charge is 2.29. The standard InChI is InChI=1S/C21H22N4O3S/c1-4-28-21(27)17-12(2)16-18(22-11-23-19(16)29-17)24-13(3)20(26)25-10-9-14-7-5-6-8-15(14)25/h5-8,11,13H,4,9-10H2,1-3H3,(H,22,23,24). The van der Waals surface area contributed by atoms with Crippen LogP contribution in [0.3, 0.4) is 0 Å². The van der Waals surface area contributed by atoms with E-state index in [1.807, 2.05) is 36.9 Å². The topological polar surface area (TPSA) is 84.4 Å². The van der Waals surface area contributed by atoms with Crippen molar-refractivity contribution in [3.63, 3.8) is 0 Å². The Hall–Kier alpha value is -3.00. The Morgan fingerprint density at radius 3 is 2.90 bits per heavy atom. The first-order valence-corrected chi connectivity index (χ1v) is 10.4. The van der Waals surface area contributed by atoms with Crippen molar-refractivity contribution in [2.45, 2.75) is 33.2 Å². The maximum Gasteiger partial charge on any atom is 0.348 e. The molecule has 1 N–H and O–H groups in total. The van der Waals surface area contributed by atoms with Gasteiger partial charge in [0.2, 0.25) is 5.91 Å². The molecule has 0 bridgehead atoms. The molecule has 150 valence electrons. The molecule has 0 saturated carbocycles. The van der Waals surface area contributed by atoms with Gasteiger partial charge in [-0.2, -0.15) is 0 Å². The van der Waals surface area contributed by atoms with Gasteiger partial charge < -0.3 is 15.0 Å². The summed E-state index contributed by atoms with van der Waals surface area (Å²) in [5.74, 6) is 0.171. The van der Waals surface area contributed by atoms with E-state index >= 15 is 0 Å². The third kappa shape index (κ3) is 3.44. The van der Waals surface area contributed by atoms with Gasteiger partial charge in [-0.1, -0.05) is 18.2 Å². The van der Waals surface area contributed by atoms with Crippen molar-refractivity contribution in [1.82, 2.24) is 9.97 Å². The summed E-state index contributed by atoms with van der Waals surface area (Å²) in [6, 6.07) is 7.49. The number of benzene rings is 1. The number of para-hydroxylation sites is 1. The summed E-state index contributed by atoms with van der Waals surface area (Å²) in [5, 5.41) is 3.98. The molecule has 1 aromatic carbocycles. The number of anilines is 2. The van der Waals surface area contributed by atoms with Crippen molar-refractivity contribution >= 4 is 44.9 Å². The van der Waals surface area contributed by atoms with Gasteiger partial charge in [-0.05, 0) is 44.4 Å². The Morgan fingerprint density at radius 1 is 1.31 bits per heavy atom. The van der Waals surface area contributed by atoms with E-state index in [2.05, 4.69) is 21.4 Å². The lowest BCUT2D eigenvalue weighted by Crippen LogP contribution is -2.40. The van der Waals surface area contributed by atoms with Crippen LogP contribution in [0.15, 0.2) is 30.6 Å². The molecule has 3 heterocycles. The largest absolute Gasteiger partial charge is 0.462 e. The van der Waals surface area contributed by atoms with Crippen molar-refractivity contribution in [1.29, 1.82) is 0 Å². The predicted octanol–water partition coefficient (Wildman–Crippen LogP) is 3.57. The lowest BCUT2D eigenvalue weighted by atomic mass is 10.1. The summed E-state index contributed by atoms with van der Waals surface area (Å²) < 4.78 is 5.14. The number of carbonyl (C=O) groups is 2. The number of fused-ring (bicyclic) bond motifs is 2. The Labute approximate surface area is 172 Å². The van der Waals surface area contributed by atoms with E-state index in [0.29, 0.717) is 28.7 Å². The van der Waals surface area contributed by atoms with Gasteiger partial charge in [0.25, 0.3) is 0 Å². The van der Waals surface area contributed by atoms with E-state index in [1.165, 1.54) is 23.2 Å². The molecule has 8 heteroatoms. The predicted molar refractivity (Wildman–Crippen MR) is 114 cm³/mol. The highest BCUT2D eigenvalue weighted by molar-refractivity contribution is 7.20. The van der Waals surface area contributed by atoms with Crippen molar-refractivity contribution < 1.29 is 14.3 Å². The number of rotatable bonds is 5. The molecular weight excluding hydrogens is 388 g/mol. The van der Waals surface area contributed by atoms with Gasteiger partial charge in [-0.15, -0.1) is 11.3 Å². The van der Waals surface area contributed by atoms with E-state index in [1.54, 1.807) is 6.92 Å². The van der Waals surface area contributed by atoms with Crippen LogP contribution in [-0.2, 0) is 16.0 Å². The van der Waals surface area contributed by atoms with Gasteiger partial charge in [0.05, 0.1) is 12.0 Å². The minimum absolute atomic E-state index is 0.0137. The van der Waals surface area contributed by atoms with E-state index < -0.39 is 6.04 Å². The van der Waals surface area contributed by atoms with Gasteiger partial charge in [-0.25, -0.2) is 14.8 Å². The summed E-state index contributed by atoms with van der Waals surface area (Å²) in [6.07, 6.45) is 2.30. The average Bonchev–Trinajstić information content (AvgIpc) is 3.29. The lowest BCUT2D eigenvalue weighted by Gasteiger charge is -2.23. The Morgan fingerprint density at radius 2 is 2.10 bits per heavy atom. The fourth-order valence-corrected chi connectivity index (χ4v) is 4.68. The Balaban J connectivity index is 1.61. The molecule has 1 atom stereocenters. The highest BCUT2D eigenvalue weighted by Crippen LogP contribution is 2.34. The molecule has 3 aromatic rings. The van der Waals surface area contributed by atoms with Crippen LogP contribution in [0.25, 0.3) is 10.2 Å². The van der Waals surface area contributed by atoms with E-state index in [0.717, 1.165) is 23.1 Å². The fraction of sp³-hybridized carbons (Fsp3) is 0.333. The van der Waals surface area contributed by atoms with E-state index in [-0.39, 0.29) is 11.9 Å². The summed E-state index contributed by atoms with van der Waals surface area (Å²) in [5.41, 5.74) is 2.92. The van der Waals surface area contributed by atoms with Crippen molar-refractivity contribution in [2.24, 2.45) is 0 Å². The van der Waals surface area contributed by atoms with Crippen molar-refractivity contribution in [2.75, 3.05) is 23.4 Å². The van der Waals surface area contributed by atoms with Crippen molar-refractivity contribution in [3.8, 4) is 0 Å². The SMILES string of the molecule is CCOC(=O)c1sc2ncnc(NC(C)C(=O)N3CCc4ccccc43)c2c1C. The van der Waals surface area contributed by atoms with Gasteiger partial charge in [0.1, 0.15) is 27.9 Å². The number of nitrogens with zero attached hydrogens (tertiary/aromatic N) is 3. The second kappa shape index (κ2) is 7.79. The number of carbonyl (C=O) groups excluding carboxylic acids is 2. The number of aromatic nitrogens is 2. The normalized spacial score (nSPS) is 14.0. The number of amides is 1. The summed E-state index contributed by atoms with van der Waals surface area (Å²) >= 11 is 1.28. The molecule has 0 spiro atoms. The van der Waals surface area contributed by atoms with Crippen LogP contribution < -0.4 is 10.2 Å². The minimum Gasteiger partial charge on any atom is -0.462 e. The molecular formula is C21H22N4O3S. The van der Waals surface area contributed by atoms with Gasteiger partial charge in [0.15, 0.2) is 0 Å². The summed E-state index contributed by atoms with van der Waals surface area (Å²) in [4.78, 5) is 37.0. The molecule has 7 nitrogen and oxygen atoms in total. The first-order valence-electron chi connectivity index (χ1n) is 9.58. The van der Waals surface area contributed by atoms with Crippen LogP contribution >= 0.6 is 11.3 Å². The first-order chi connectivity index (χ1) is 14.0. The molecule has 1 amide bonds. The van der Waals surface area contributed by atoms with E-state index in [9.17, 15) is 9.59 Å². The number of aryl methyl sites for hydroxylation is 1. The smallest absolute Gasteiger partial charge is 0.348 e. The van der Waals surface area contributed by atoms with Crippen LogP contribution in [0.1, 0.15) is 34.6 Å². The summed E-state index contributed by atoms with van der Waals surface area (Å²) in [7, 11) is 0. The summed E-state index contributed by atoms with van der Waals surface area (Å²) in [6.45, 7) is 6.44. The zero-order valence-electron chi connectivity index (χ0n) is 16.6. The lowest BCUT2D eigenvalue weighted by molar-refractivity contribution is -0.118. The third-order valence-corrected chi connectivity index (χ3v) is 6.24. The number of esters is 1. The number of ether oxygens (including phenoxy) is 1. The second-order valence-corrected chi connectivity index (χ2v) is 7.91. The van der Waals surface area contributed by atoms with Crippen molar-refractivity contribution in [3.05, 3.63) is 46.6 Å². The third-order valence-electron chi connectivity index (χ3n) is 5.06. The number of hydrogen-bond donors (Lipinski definition) is 1. The Bertz CT molecular complexity index is 1090. The maximum atomic E-state index is 13.1. The average molecular weight is 410 g/mol. The molecule has 0 radical (unpaired) electrons. The van der Waals surface area contributed by atoms with E-state index in [4.69, 9.17) is 4.74 Å². The molecule has 0 fully saturated rings. The molecule has 1 unspecified atom stereocenters. The molecule has 1 aliphatic rings. The molecule has 1 aliphatic heterocycles.